The van der Waals surface area contributed by atoms with Crippen LogP contribution in [0.5, 0.6) is 0 Å². The highest BCUT2D eigenvalue weighted by atomic mass is 19.1. The molecule has 0 unspecified atom stereocenters. The summed E-state index contributed by atoms with van der Waals surface area (Å²) in [4.78, 5) is 25.3. The molecule has 0 spiro atoms. The van der Waals surface area contributed by atoms with E-state index in [1.165, 1.54) is 12.1 Å². The summed E-state index contributed by atoms with van der Waals surface area (Å²) in [7, 11) is 0. The summed E-state index contributed by atoms with van der Waals surface area (Å²) < 4.78 is 13.1. The average molecular weight is 305 g/mol. The minimum atomic E-state index is -0.794. The van der Waals surface area contributed by atoms with Crippen LogP contribution in [0.2, 0.25) is 0 Å². The lowest BCUT2D eigenvalue weighted by atomic mass is 9.92. The number of aliphatic carboxylic acids is 1. The Kier molecular flexibility index (Phi) is 4.14. The summed E-state index contributed by atoms with van der Waals surface area (Å²) in [6.07, 6.45) is 2.95. The van der Waals surface area contributed by atoms with E-state index in [1.807, 2.05) is 0 Å². The zero-order chi connectivity index (χ0) is 15.7. The number of hydrogen-bond donors (Lipinski definition) is 1. The van der Waals surface area contributed by atoms with Crippen molar-refractivity contribution in [2.75, 3.05) is 13.1 Å². The van der Waals surface area contributed by atoms with E-state index in [2.05, 4.69) is 0 Å². The van der Waals surface area contributed by atoms with Crippen molar-refractivity contribution in [2.24, 2.45) is 17.8 Å². The molecule has 1 N–H and O–H groups in total. The second-order valence-corrected chi connectivity index (χ2v) is 6.37. The number of hydrogen-bond acceptors (Lipinski definition) is 2. The zero-order valence-corrected chi connectivity index (χ0v) is 12.4. The lowest BCUT2D eigenvalue weighted by molar-refractivity contribution is -0.142. The molecule has 118 valence electrons. The van der Waals surface area contributed by atoms with Gasteiger partial charge in [-0.05, 0) is 48.8 Å². The topological polar surface area (TPSA) is 57.6 Å². The maximum Gasteiger partial charge on any atom is 0.308 e. The third kappa shape index (κ3) is 3.29. The summed E-state index contributed by atoms with van der Waals surface area (Å²) in [6, 6.07) is 6.25. The van der Waals surface area contributed by atoms with Crippen molar-refractivity contribution in [3.05, 3.63) is 35.6 Å². The number of likely N-dealkylation sites (tertiary alicyclic amines) is 1. The number of carboxylic acids is 1. The maximum absolute atomic E-state index is 13.1. The molecule has 4 nitrogen and oxygen atoms in total. The Labute approximate surface area is 128 Å². The van der Waals surface area contributed by atoms with Crippen LogP contribution in [0.3, 0.4) is 0 Å². The van der Waals surface area contributed by atoms with Gasteiger partial charge in [0.1, 0.15) is 5.82 Å². The molecule has 0 aromatic heterocycles. The van der Waals surface area contributed by atoms with Crippen LogP contribution in [-0.4, -0.2) is 35.0 Å². The van der Waals surface area contributed by atoms with Crippen molar-refractivity contribution >= 4 is 11.9 Å². The van der Waals surface area contributed by atoms with Gasteiger partial charge in [-0.2, -0.15) is 0 Å². The highest BCUT2D eigenvalue weighted by molar-refractivity contribution is 5.79. The minimum Gasteiger partial charge on any atom is -0.481 e. The molecular formula is C17H20FNO3. The minimum absolute atomic E-state index is 0.0290. The van der Waals surface area contributed by atoms with Gasteiger partial charge in [0.05, 0.1) is 5.92 Å². The summed E-state index contributed by atoms with van der Waals surface area (Å²) in [5.74, 6) is -0.967. The highest BCUT2D eigenvalue weighted by Gasteiger charge is 2.46. The molecule has 2 fully saturated rings. The third-order valence-electron chi connectivity index (χ3n) is 4.78. The van der Waals surface area contributed by atoms with Crippen molar-refractivity contribution in [3.63, 3.8) is 0 Å². The van der Waals surface area contributed by atoms with Crippen molar-refractivity contribution in [2.45, 2.75) is 25.7 Å². The second-order valence-electron chi connectivity index (χ2n) is 6.37. The van der Waals surface area contributed by atoms with Crippen LogP contribution >= 0.6 is 0 Å². The molecular weight excluding hydrogens is 285 g/mol. The van der Waals surface area contributed by atoms with Crippen LogP contribution < -0.4 is 0 Å². The van der Waals surface area contributed by atoms with Gasteiger partial charge < -0.3 is 10.0 Å². The number of carbonyl (C=O) groups is 2. The predicted molar refractivity (Wildman–Crippen MR) is 78.6 cm³/mol. The summed E-state index contributed by atoms with van der Waals surface area (Å²) >= 11 is 0. The first-order valence-electron chi connectivity index (χ1n) is 7.79. The molecule has 2 atom stereocenters. The van der Waals surface area contributed by atoms with Gasteiger partial charge >= 0.3 is 5.97 Å². The Bertz CT molecular complexity index is 585. The molecule has 1 aliphatic heterocycles. The highest BCUT2D eigenvalue weighted by Crippen LogP contribution is 2.44. The van der Waals surface area contributed by atoms with Crippen molar-refractivity contribution in [1.29, 1.82) is 0 Å². The fourth-order valence-corrected chi connectivity index (χ4v) is 3.40. The number of carbonyl (C=O) groups excluding carboxylic acids is 1. The number of rotatable bonds is 5. The van der Waals surface area contributed by atoms with Gasteiger partial charge in [-0.3, -0.25) is 9.59 Å². The smallest absolute Gasteiger partial charge is 0.308 e. The zero-order valence-electron chi connectivity index (χ0n) is 12.4. The Morgan fingerprint density at radius 2 is 2.05 bits per heavy atom. The van der Waals surface area contributed by atoms with Gasteiger partial charge in [-0.15, -0.1) is 0 Å². The number of amides is 1. The molecule has 1 aromatic carbocycles. The SMILES string of the molecule is O=C(O)[C@H]1CN(C(=O)CCc2cccc(F)c2)C[C@@H]1C1CC1. The first-order chi connectivity index (χ1) is 10.5. The van der Waals surface area contributed by atoms with Gasteiger partial charge in [0.15, 0.2) is 0 Å². The van der Waals surface area contributed by atoms with Crippen LogP contribution in [0.4, 0.5) is 4.39 Å². The van der Waals surface area contributed by atoms with E-state index < -0.39 is 11.9 Å². The van der Waals surface area contributed by atoms with Gasteiger partial charge in [0.2, 0.25) is 5.91 Å². The monoisotopic (exact) mass is 305 g/mol. The Morgan fingerprint density at radius 3 is 2.68 bits per heavy atom. The lowest BCUT2D eigenvalue weighted by Crippen LogP contribution is -2.30. The fourth-order valence-electron chi connectivity index (χ4n) is 3.40. The van der Waals surface area contributed by atoms with E-state index in [-0.39, 0.29) is 17.6 Å². The van der Waals surface area contributed by atoms with Crippen LogP contribution in [-0.2, 0) is 16.0 Å². The van der Waals surface area contributed by atoms with Crippen molar-refractivity contribution in [1.82, 2.24) is 4.90 Å². The average Bonchev–Trinajstić information content (AvgIpc) is 3.23. The van der Waals surface area contributed by atoms with E-state index in [0.717, 1.165) is 18.4 Å². The molecule has 2 aliphatic rings. The normalized spacial score (nSPS) is 24.5. The van der Waals surface area contributed by atoms with Gasteiger partial charge in [-0.25, -0.2) is 4.39 Å². The first kappa shape index (κ1) is 15.0. The van der Waals surface area contributed by atoms with E-state index >= 15 is 0 Å². The van der Waals surface area contributed by atoms with E-state index in [4.69, 9.17) is 0 Å². The first-order valence-corrected chi connectivity index (χ1v) is 7.79. The molecule has 1 heterocycles. The summed E-state index contributed by atoms with van der Waals surface area (Å²) in [5, 5.41) is 9.32. The molecule has 0 bridgehead atoms. The Hall–Kier alpha value is -1.91. The molecule has 1 saturated heterocycles. The number of halogens is 1. The molecule has 5 heteroatoms. The van der Waals surface area contributed by atoms with Gasteiger partial charge in [-0.1, -0.05) is 12.1 Å². The number of benzene rings is 1. The largest absolute Gasteiger partial charge is 0.481 e. The van der Waals surface area contributed by atoms with E-state index in [1.54, 1.807) is 17.0 Å². The molecule has 1 amide bonds. The number of aryl methyl sites for hydroxylation is 1. The molecule has 1 aliphatic carbocycles. The van der Waals surface area contributed by atoms with Crippen molar-refractivity contribution < 1.29 is 19.1 Å². The van der Waals surface area contributed by atoms with E-state index in [0.29, 0.717) is 31.8 Å². The number of nitrogens with zero attached hydrogens (tertiary/aromatic N) is 1. The van der Waals surface area contributed by atoms with E-state index in [9.17, 15) is 19.1 Å². The summed E-state index contributed by atoms with van der Waals surface area (Å²) in [6.45, 7) is 0.877. The Morgan fingerprint density at radius 1 is 1.27 bits per heavy atom. The van der Waals surface area contributed by atoms with Gasteiger partial charge in [0.25, 0.3) is 0 Å². The fraction of sp³-hybridized carbons (Fsp3) is 0.529. The third-order valence-corrected chi connectivity index (χ3v) is 4.78. The van der Waals surface area contributed by atoms with Crippen LogP contribution in [0.15, 0.2) is 24.3 Å². The molecule has 1 saturated carbocycles. The molecule has 22 heavy (non-hydrogen) atoms. The summed E-state index contributed by atoms with van der Waals surface area (Å²) in [5.41, 5.74) is 0.793. The quantitative estimate of drug-likeness (QED) is 0.908. The second kappa shape index (κ2) is 6.07. The van der Waals surface area contributed by atoms with Gasteiger partial charge in [0, 0.05) is 19.5 Å². The van der Waals surface area contributed by atoms with Crippen molar-refractivity contribution in [3.8, 4) is 0 Å². The Balaban J connectivity index is 1.57. The molecule has 1 aromatic rings. The standard InChI is InChI=1S/C17H20FNO3/c18-13-3-1-2-11(8-13)4-7-16(20)19-9-14(12-5-6-12)15(10-19)17(21)22/h1-3,8,12,14-15H,4-7,9-10H2,(H,21,22)/t14-,15+/m1/s1. The van der Waals surface area contributed by atoms with Crippen LogP contribution in [0, 0.1) is 23.6 Å². The predicted octanol–water partition coefficient (Wildman–Crippen LogP) is 2.33. The van der Waals surface area contributed by atoms with Crippen LogP contribution in [0.1, 0.15) is 24.8 Å². The molecule has 0 radical (unpaired) electrons. The van der Waals surface area contributed by atoms with Crippen LogP contribution in [0.25, 0.3) is 0 Å². The number of carboxylic acid groups (broad SMARTS) is 1. The lowest BCUT2D eigenvalue weighted by Gasteiger charge is -2.16. The maximum atomic E-state index is 13.1. The molecule has 3 rings (SSSR count).